The van der Waals surface area contributed by atoms with Gasteiger partial charge in [0, 0.05) is 26.7 Å². The number of aromatic nitrogens is 3. The topological polar surface area (TPSA) is 71.2 Å². The van der Waals surface area contributed by atoms with Crippen molar-refractivity contribution in [2.75, 3.05) is 36.2 Å². The second kappa shape index (κ2) is 6.04. The Morgan fingerprint density at radius 1 is 1.26 bits per heavy atom. The Morgan fingerprint density at radius 3 is 2.74 bits per heavy atom. The summed E-state index contributed by atoms with van der Waals surface area (Å²) in [5, 5.41) is 0. The molecule has 0 aromatic carbocycles. The molecule has 1 aromatic heterocycles. The number of anilines is 3. The lowest BCUT2D eigenvalue weighted by atomic mass is 9.99. The summed E-state index contributed by atoms with van der Waals surface area (Å²) >= 11 is 0. The van der Waals surface area contributed by atoms with E-state index in [0.29, 0.717) is 17.9 Å². The van der Waals surface area contributed by atoms with Crippen molar-refractivity contribution in [1.29, 1.82) is 0 Å². The van der Waals surface area contributed by atoms with Gasteiger partial charge in [0.15, 0.2) is 0 Å². The second-order valence-corrected chi connectivity index (χ2v) is 5.32. The molecule has 6 nitrogen and oxygen atoms in total. The Bertz CT molecular complexity index is 418. The number of nitrogens with zero attached hydrogens (tertiary/aromatic N) is 5. The SMILES string of the molecule is CCCC1CCCCN1c1nc(N)nc(N(C)C)n1. The molecule has 1 atom stereocenters. The molecule has 0 radical (unpaired) electrons. The van der Waals surface area contributed by atoms with Crippen LogP contribution in [0.2, 0.25) is 0 Å². The van der Waals surface area contributed by atoms with Crippen molar-refractivity contribution in [3.8, 4) is 0 Å². The van der Waals surface area contributed by atoms with Gasteiger partial charge >= 0.3 is 0 Å². The summed E-state index contributed by atoms with van der Waals surface area (Å²) in [4.78, 5) is 17.2. The minimum atomic E-state index is 0.300. The van der Waals surface area contributed by atoms with E-state index in [4.69, 9.17) is 5.73 Å². The van der Waals surface area contributed by atoms with Gasteiger partial charge in [-0.1, -0.05) is 13.3 Å². The van der Waals surface area contributed by atoms with Crippen LogP contribution in [0.3, 0.4) is 0 Å². The number of nitrogens with two attached hydrogens (primary N) is 1. The van der Waals surface area contributed by atoms with Gasteiger partial charge < -0.3 is 15.5 Å². The fraction of sp³-hybridized carbons (Fsp3) is 0.769. The third-order valence-corrected chi connectivity index (χ3v) is 3.54. The van der Waals surface area contributed by atoms with E-state index >= 15 is 0 Å². The summed E-state index contributed by atoms with van der Waals surface area (Å²) in [5.74, 6) is 1.66. The molecule has 1 aromatic rings. The van der Waals surface area contributed by atoms with Crippen LogP contribution in [0.25, 0.3) is 0 Å². The van der Waals surface area contributed by atoms with E-state index in [-0.39, 0.29) is 0 Å². The van der Waals surface area contributed by atoms with Crippen LogP contribution in [0.1, 0.15) is 39.0 Å². The van der Waals surface area contributed by atoms with Gasteiger partial charge in [-0.2, -0.15) is 15.0 Å². The molecule has 6 heteroatoms. The average molecular weight is 264 g/mol. The summed E-state index contributed by atoms with van der Waals surface area (Å²) < 4.78 is 0. The Hall–Kier alpha value is -1.59. The summed E-state index contributed by atoms with van der Waals surface area (Å²) in [6.45, 7) is 3.24. The predicted octanol–water partition coefficient (Wildman–Crippen LogP) is 1.68. The Balaban J connectivity index is 2.27. The number of rotatable bonds is 4. The quantitative estimate of drug-likeness (QED) is 0.892. The molecule has 0 amide bonds. The van der Waals surface area contributed by atoms with Crippen LogP contribution in [0, 0.1) is 0 Å². The van der Waals surface area contributed by atoms with Gasteiger partial charge in [-0.15, -0.1) is 0 Å². The fourth-order valence-corrected chi connectivity index (χ4v) is 2.60. The van der Waals surface area contributed by atoms with Crippen LogP contribution in [-0.2, 0) is 0 Å². The van der Waals surface area contributed by atoms with E-state index in [9.17, 15) is 0 Å². The van der Waals surface area contributed by atoms with E-state index in [0.717, 1.165) is 12.5 Å². The van der Waals surface area contributed by atoms with E-state index < -0.39 is 0 Å². The van der Waals surface area contributed by atoms with Gasteiger partial charge in [0.2, 0.25) is 17.8 Å². The zero-order valence-corrected chi connectivity index (χ0v) is 12.1. The highest BCUT2D eigenvalue weighted by Gasteiger charge is 2.24. The molecule has 1 aliphatic rings. The van der Waals surface area contributed by atoms with Gasteiger partial charge in [0.1, 0.15) is 0 Å². The highest BCUT2D eigenvalue weighted by Crippen LogP contribution is 2.25. The van der Waals surface area contributed by atoms with Crippen molar-refractivity contribution in [2.24, 2.45) is 0 Å². The van der Waals surface area contributed by atoms with Gasteiger partial charge in [-0.25, -0.2) is 0 Å². The van der Waals surface area contributed by atoms with Crippen LogP contribution in [0.4, 0.5) is 17.8 Å². The zero-order valence-electron chi connectivity index (χ0n) is 12.1. The molecule has 106 valence electrons. The van der Waals surface area contributed by atoms with Gasteiger partial charge in [0.05, 0.1) is 0 Å². The van der Waals surface area contributed by atoms with Crippen LogP contribution in [-0.4, -0.2) is 41.6 Å². The molecule has 0 saturated carbocycles. The van der Waals surface area contributed by atoms with Gasteiger partial charge in [-0.3, -0.25) is 0 Å². The summed E-state index contributed by atoms with van der Waals surface area (Å²) in [7, 11) is 3.83. The predicted molar refractivity (Wildman–Crippen MR) is 78.5 cm³/mol. The fourth-order valence-electron chi connectivity index (χ4n) is 2.60. The second-order valence-electron chi connectivity index (χ2n) is 5.32. The van der Waals surface area contributed by atoms with Crippen LogP contribution >= 0.6 is 0 Å². The third-order valence-electron chi connectivity index (χ3n) is 3.54. The molecule has 2 heterocycles. The summed E-state index contributed by atoms with van der Waals surface area (Å²) in [6.07, 6.45) is 6.08. The number of hydrogen-bond acceptors (Lipinski definition) is 6. The lowest BCUT2D eigenvalue weighted by Gasteiger charge is -2.36. The molecular formula is C13H24N6. The van der Waals surface area contributed by atoms with Crippen molar-refractivity contribution < 1.29 is 0 Å². The molecule has 0 aliphatic carbocycles. The van der Waals surface area contributed by atoms with Crippen LogP contribution in [0.5, 0.6) is 0 Å². The standard InChI is InChI=1S/C13H24N6/c1-4-7-10-8-5-6-9-19(10)13-16-11(14)15-12(17-13)18(2)3/h10H,4-9H2,1-3H3,(H2,14,15,16,17). The normalized spacial score (nSPS) is 19.5. The first-order valence-electron chi connectivity index (χ1n) is 7.07. The highest BCUT2D eigenvalue weighted by molar-refractivity contribution is 5.43. The monoisotopic (exact) mass is 264 g/mol. The first-order valence-corrected chi connectivity index (χ1v) is 7.07. The molecule has 1 aliphatic heterocycles. The molecule has 19 heavy (non-hydrogen) atoms. The molecule has 1 unspecified atom stereocenters. The maximum atomic E-state index is 5.81. The zero-order chi connectivity index (χ0) is 13.8. The van der Waals surface area contributed by atoms with Crippen molar-refractivity contribution in [3.63, 3.8) is 0 Å². The van der Waals surface area contributed by atoms with Crippen LogP contribution in [0.15, 0.2) is 0 Å². The summed E-state index contributed by atoms with van der Waals surface area (Å²) in [6, 6.07) is 0.538. The molecule has 1 saturated heterocycles. The number of piperidine rings is 1. The minimum absolute atomic E-state index is 0.300. The molecule has 2 rings (SSSR count). The number of nitrogen functional groups attached to an aromatic ring is 1. The number of hydrogen-bond donors (Lipinski definition) is 1. The Labute approximate surface area is 115 Å². The van der Waals surface area contributed by atoms with Crippen molar-refractivity contribution >= 4 is 17.8 Å². The van der Waals surface area contributed by atoms with E-state index in [1.165, 1.54) is 32.1 Å². The highest BCUT2D eigenvalue weighted by atomic mass is 15.3. The van der Waals surface area contributed by atoms with E-state index in [1.54, 1.807) is 0 Å². The minimum Gasteiger partial charge on any atom is -0.368 e. The van der Waals surface area contributed by atoms with Gasteiger partial charge in [-0.05, 0) is 25.7 Å². The molecule has 2 N–H and O–H groups in total. The maximum absolute atomic E-state index is 5.81. The van der Waals surface area contributed by atoms with Crippen molar-refractivity contribution in [1.82, 2.24) is 15.0 Å². The van der Waals surface area contributed by atoms with Crippen molar-refractivity contribution in [3.05, 3.63) is 0 Å². The summed E-state index contributed by atoms with van der Waals surface area (Å²) in [5.41, 5.74) is 5.81. The molecule has 0 bridgehead atoms. The smallest absolute Gasteiger partial charge is 0.232 e. The lowest BCUT2D eigenvalue weighted by Crippen LogP contribution is -2.41. The molecule has 0 spiro atoms. The van der Waals surface area contributed by atoms with Gasteiger partial charge in [0.25, 0.3) is 0 Å². The first-order chi connectivity index (χ1) is 9.11. The Kier molecular flexibility index (Phi) is 4.39. The van der Waals surface area contributed by atoms with Crippen LogP contribution < -0.4 is 15.5 Å². The maximum Gasteiger partial charge on any atom is 0.232 e. The van der Waals surface area contributed by atoms with Crippen molar-refractivity contribution in [2.45, 2.75) is 45.1 Å². The lowest BCUT2D eigenvalue weighted by molar-refractivity contribution is 0.428. The first kappa shape index (κ1) is 13.8. The third kappa shape index (κ3) is 3.24. The average Bonchev–Trinajstić information content (AvgIpc) is 2.39. The molecule has 1 fully saturated rings. The Morgan fingerprint density at radius 2 is 2.05 bits per heavy atom. The van der Waals surface area contributed by atoms with E-state index in [1.807, 2.05) is 19.0 Å². The van der Waals surface area contributed by atoms with E-state index in [2.05, 4.69) is 26.8 Å². The molecular weight excluding hydrogens is 240 g/mol. The largest absolute Gasteiger partial charge is 0.368 e.